The van der Waals surface area contributed by atoms with E-state index < -0.39 is 5.41 Å². The van der Waals surface area contributed by atoms with Crippen LogP contribution < -0.4 is 0 Å². The van der Waals surface area contributed by atoms with E-state index in [1.165, 1.54) is 0 Å². The maximum Gasteiger partial charge on any atom is 0.306 e. The summed E-state index contributed by atoms with van der Waals surface area (Å²) in [6.07, 6.45) is 4.51. The van der Waals surface area contributed by atoms with E-state index in [-0.39, 0.29) is 24.8 Å². The topological polar surface area (TPSA) is 43.4 Å². The number of ketones is 1. The van der Waals surface area contributed by atoms with Gasteiger partial charge in [-0.2, -0.15) is 0 Å². The van der Waals surface area contributed by atoms with Gasteiger partial charge in [0.15, 0.2) is 5.78 Å². The molecule has 3 aromatic rings. The van der Waals surface area contributed by atoms with Gasteiger partial charge in [0.2, 0.25) is 0 Å². The third-order valence-electron chi connectivity index (χ3n) is 6.42. The van der Waals surface area contributed by atoms with Gasteiger partial charge in [-0.15, -0.1) is 0 Å². The first kappa shape index (κ1) is 22.3. The molecule has 0 aromatic heterocycles. The molecule has 3 nitrogen and oxygen atoms in total. The Hall–Kier alpha value is -2.91. The van der Waals surface area contributed by atoms with E-state index in [2.05, 4.69) is 0 Å². The van der Waals surface area contributed by atoms with Crippen molar-refractivity contribution in [2.24, 2.45) is 5.41 Å². The summed E-state index contributed by atoms with van der Waals surface area (Å²) in [5.41, 5.74) is 3.32. The normalized spacial score (nSPS) is 14.8. The molecule has 3 aromatic carbocycles. The standard InChI is InChI=1S/C28H27ClO3/c29-25-14-12-23(13-15-25)22-8-10-24(11-9-22)27(31)28(17-4-5-18-28)19-16-26(30)32-20-21-6-2-1-3-7-21/h1-3,6-15H,4-5,16-20H2. The second-order valence-electron chi connectivity index (χ2n) is 8.55. The van der Waals surface area contributed by atoms with Crippen molar-refractivity contribution in [3.8, 4) is 11.1 Å². The molecule has 0 bridgehead atoms. The van der Waals surface area contributed by atoms with Gasteiger partial charge in [0.05, 0.1) is 0 Å². The lowest BCUT2D eigenvalue weighted by atomic mass is 9.75. The second kappa shape index (κ2) is 10.1. The molecule has 1 saturated carbocycles. The molecule has 0 N–H and O–H groups in total. The minimum absolute atomic E-state index is 0.147. The van der Waals surface area contributed by atoms with Crippen molar-refractivity contribution in [3.63, 3.8) is 0 Å². The average Bonchev–Trinajstić information content (AvgIpc) is 3.32. The van der Waals surface area contributed by atoms with E-state index in [4.69, 9.17) is 16.3 Å². The smallest absolute Gasteiger partial charge is 0.306 e. The van der Waals surface area contributed by atoms with E-state index in [9.17, 15) is 9.59 Å². The average molecular weight is 447 g/mol. The molecule has 0 atom stereocenters. The highest BCUT2D eigenvalue weighted by Crippen LogP contribution is 2.44. The first-order valence-electron chi connectivity index (χ1n) is 11.2. The molecule has 0 saturated heterocycles. The lowest BCUT2D eigenvalue weighted by Gasteiger charge is -2.27. The zero-order chi connectivity index (χ0) is 22.4. The Kier molecular flexibility index (Phi) is 7.06. The zero-order valence-electron chi connectivity index (χ0n) is 18.1. The monoisotopic (exact) mass is 446 g/mol. The van der Waals surface area contributed by atoms with Crippen molar-refractivity contribution in [1.82, 2.24) is 0 Å². The summed E-state index contributed by atoms with van der Waals surface area (Å²) in [4.78, 5) is 25.8. The third-order valence-corrected chi connectivity index (χ3v) is 6.67. The summed E-state index contributed by atoms with van der Waals surface area (Å²) in [5.74, 6) is -0.0977. The SMILES string of the molecule is O=C(CCC1(C(=O)c2ccc(-c3ccc(Cl)cc3)cc2)CCCC1)OCc1ccccc1. The molecule has 0 aliphatic heterocycles. The lowest BCUT2D eigenvalue weighted by Crippen LogP contribution is -2.29. The van der Waals surface area contributed by atoms with Crippen molar-refractivity contribution in [2.45, 2.75) is 45.1 Å². The predicted molar refractivity (Wildman–Crippen MR) is 128 cm³/mol. The second-order valence-corrected chi connectivity index (χ2v) is 8.98. The molecule has 32 heavy (non-hydrogen) atoms. The van der Waals surface area contributed by atoms with Crippen LogP contribution in [0.25, 0.3) is 11.1 Å². The minimum Gasteiger partial charge on any atom is -0.461 e. The Morgan fingerprint density at radius 1 is 0.812 bits per heavy atom. The summed E-state index contributed by atoms with van der Waals surface area (Å²) in [7, 11) is 0. The Bertz CT molecular complexity index is 1050. The van der Waals surface area contributed by atoms with Crippen LogP contribution >= 0.6 is 11.6 Å². The van der Waals surface area contributed by atoms with E-state index in [0.717, 1.165) is 42.4 Å². The van der Waals surface area contributed by atoms with Crippen molar-refractivity contribution >= 4 is 23.4 Å². The van der Waals surface area contributed by atoms with Crippen LogP contribution in [0.2, 0.25) is 5.02 Å². The van der Waals surface area contributed by atoms with Crippen LogP contribution in [-0.2, 0) is 16.1 Å². The molecule has 1 fully saturated rings. The molecule has 0 radical (unpaired) electrons. The largest absolute Gasteiger partial charge is 0.461 e. The van der Waals surface area contributed by atoms with Gasteiger partial charge >= 0.3 is 5.97 Å². The first-order valence-corrected chi connectivity index (χ1v) is 11.5. The Morgan fingerprint density at radius 3 is 2.03 bits per heavy atom. The van der Waals surface area contributed by atoms with Gasteiger partial charge in [0.1, 0.15) is 6.61 Å². The van der Waals surface area contributed by atoms with Crippen LogP contribution in [0.5, 0.6) is 0 Å². The van der Waals surface area contributed by atoms with Gasteiger partial charge in [0, 0.05) is 22.4 Å². The molecule has 0 amide bonds. The van der Waals surface area contributed by atoms with E-state index in [0.29, 0.717) is 17.0 Å². The molecule has 0 spiro atoms. The molecule has 1 aliphatic rings. The number of Topliss-reactive ketones (excluding diaryl/α,β-unsaturated/α-hetero) is 1. The van der Waals surface area contributed by atoms with Crippen molar-refractivity contribution in [3.05, 3.63) is 95.0 Å². The number of hydrogen-bond donors (Lipinski definition) is 0. The fraction of sp³-hybridized carbons (Fsp3) is 0.286. The summed E-state index contributed by atoms with van der Waals surface area (Å²) >= 11 is 5.98. The molecule has 164 valence electrons. The Labute approximate surface area is 194 Å². The highest BCUT2D eigenvalue weighted by molar-refractivity contribution is 6.30. The number of hydrogen-bond acceptors (Lipinski definition) is 3. The summed E-state index contributed by atoms with van der Waals surface area (Å²) < 4.78 is 5.43. The number of halogens is 1. The van der Waals surface area contributed by atoms with Crippen LogP contribution in [0.4, 0.5) is 0 Å². The summed E-state index contributed by atoms with van der Waals surface area (Å²) in [5, 5.41) is 0.700. The van der Waals surface area contributed by atoms with Gasteiger partial charge < -0.3 is 4.74 Å². The quantitative estimate of drug-likeness (QED) is 0.270. The Morgan fingerprint density at radius 2 is 1.41 bits per heavy atom. The van der Waals surface area contributed by atoms with E-state index in [1.54, 1.807) is 0 Å². The minimum atomic E-state index is -0.465. The summed E-state index contributed by atoms with van der Waals surface area (Å²) in [6.45, 7) is 0.271. The molecule has 1 aliphatic carbocycles. The van der Waals surface area contributed by atoms with Crippen molar-refractivity contribution < 1.29 is 14.3 Å². The highest BCUT2D eigenvalue weighted by Gasteiger charge is 2.41. The number of ether oxygens (including phenoxy) is 1. The molecule has 0 heterocycles. The summed E-state index contributed by atoms with van der Waals surface area (Å²) in [6, 6.07) is 25.1. The van der Waals surface area contributed by atoms with E-state index in [1.807, 2.05) is 78.9 Å². The van der Waals surface area contributed by atoms with Crippen molar-refractivity contribution in [2.75, 3.05) is 0 Å². The molecule has 0 unspecified atom stereocenters. The van der Waals surface area contributed by atoms with Crippen LogP contribution in [0.3, 0.4) is 0 Å². The maximum atomic E-state index is 13.5. The van der Waals surface area contributed by atoms with E-state index >= 15 is 0 Å². The third kappa shape index (κ3) is 5.28. The van der Waals surface area contributed by atoms with Crippen LogP contribution in [0.15, 0.2) is 78.9 Å². The van der Waals surface area contributed by atoms with Crippen molar-refractivity contribution in [1.29, 1.82) is 0 Å². The zero-order valence-corrected chi connectivity index (χ0v) is 18.8. The van der Waals surface area contributed by atoms with Gasteiger partial charge in [-0.05, 0) is 48.1 Å². The van der Waals surface area contributed by atoms with Gasteiger partial charge in [-0.3, -0.25) is 9.59 Å². The molecular weight excluding hydrogens is 420 g/mol. The Balaban J connectivity index is 1.40. The number of carbonyl (C=O) groups is 2. The fourth-order valence-corrected chi connectivity index (χ4v) is 4.68. The fourth-order valence-electron chi connectivity index (χ4n) is 4.56. The van der Waals surface area contributed by atoms with Gasteiger partial charge in [-0.1, -0.05) is 91.2 Å². The predicted octanol–water partition coefficient (Wildman–Crippen LogP) is 7.27. The van der Waals surface area contributed by atoms with Crippen LogP contribution in [0, 0.1) is 5.41 Å². The van der Waals surface area contributed by atoms with Crippen LogP contribution in [-0.4, -0.2) is 11.8 Å². The highest BCUT2D eigenvalue weighted by atomic mass is 35.5. The van der Waals surface area contributed by atoms with Gasteiger partial charge in [0.25, 0.3) is 0 Å². The number of rotatable bonds is 8. The maximum absolute atomic E-state index is 13.5. The van der Waals surface area contributed by atoms with Crippen LogP contribution in [0.1, 0.15) is 54.4 Å². The number of esters is 1. The molecular formula is C28H27ClO3. The number of carbonyl (C=O) groups excluding carboxylic acids is 2. The molecule has 4 rings (SSSR count). The lowest BCUT2D eigenvalue weighted by molar-refractivity contribution is -0.145. The number of benzene rings is 3. The van der Waals surface area contributed by atoms with Gasteiger partial charge in [-0.25, -0.2) is 0 Å². The first-order chi connectivity index (χ1) is 15.6. The molecule has 4 heteroatoms.